The van der Waals surface area contributed by atoms with Crippen LogP contribution in [0.25, 0.3) is 0 Å². The molecule has 0 saturated carbocycles. The summed E-state index contributed by atoms with van der Waals surface area (Å²) in [5.41, 5.74) is 1.13. The van der Waals surface area contributed by atoms with Crippen LogP contribution in [0.15, 0.2) is 29.9 Å². The molecule has 3 rings (SSSR count). The van der Waals surface area contributed by atoms with Gasteiger partial charge in [-0.15, -0.1) is 11.3 Å². The Kier molecular flexibility index (Phi) is 6.57. The summed E-state index contributed by atoms with van der Waals surface area (Å²) < 4.78 is 0. The van der Waals surface area contributed by atoms with Gasteiger partial charge in [0.2, 0.25) is 5.95 Å². The molecule has 2 aromatic rings. The number of aromatic nitrogens is 2. The van der Waals surface area contributed by atoms with E-state index in [9.17, 15) is 4.79 Å². The average molecular weight is 374 g/mol. The van der Waals surface area contributed by atoms with Gasteiger partial charge in [-0.3, -0.25) is 9.69 Å². The van der Waals surface area contributed by atoms with Crippen molar-refractivity contribution in [3.05, 3.63) is 40.3 Å². The number of hydrogen-bond acceptors (Lipinski definition) is 6. The van der Waals surface area contributed by atoms with Crippen molar-refractivity contribution in [2.45, 2.75) is 51.7 Å². The molecular weight excluding hydrogens is 346 g/mol. The zero-order valence-electron chi connectivity index (χ0n) is 15.4. The third kappa shape index (κ3) is 5.51. The third-order valence-corrected chi connectivity index (χ3v) is 5.30. The zero-order valence-corrected chi connectivity index (χ0v) is 16.3. The summed E-state index contributed by atoms with van der Waals surface area (Å²) >= 11 is 1.49. The number of carbonyl (C=O) groups excluding carboxylic acids is 1. The molecule has 0 aliphatic carbocycles. The summed E-state index contributed by atoms with van der Waals surface area (Å²) in [6, 6.07) is 4.37. The van der Waals surface area contributed by atoms with Crippen molar-refractivity contribution in [1.29, 1.82) is 0 Å². The van der Waals surface area contributed by atoms with Crippen LogP contribution in [0.3, 0.4) is 0 Å². The molecule has 1 unspecified atom stereocenters. The average Bonchev–Trinajstić information content (AvgIpc) is 3.07. The van der Waals surface area contributed by atoms with Crippen molar-refractivity contribution in [2.75, 3.05) is 18.4 Å². The zero-order chi connectivity index (χ0) is 18.4. The Labute approximate surface area is 159 Å². The number of anilines is 1. The van der Waals surface area contributed by atoms with Gasteiger partial charge in [0.05, 0.1) is 4.88 Å². The van der Waals surface area contributed by atoms with Crippen molar-refractivity contribution in [3.63, 3.8) is 0 Å². The van der Waals surface area contributed by atoms with Gasteiger partial charge in [-0.05, 0) is 51.1 Å². The van der Waals surface area contributed by atoms with Gasteiger partial charge in [0.15, 0.2) is 0 Å². The molecule has 2 N–H and O–H groups in total. The fourth-order valence-electron chi connectivity index (χ4n) is 3.15. The molecule has 140 valence electrons. The maximum absolute atomic E-state index is 12.2. The van der Waals surface area contributed by atoms with Gasteiger partial charge in [0, 0.05) is 43.1 Å². The molecule has 0 spiro atoms. The fraction of sp³-hybridized carbons (Fsp3) is 0.526. The second-order valence-corrected chi connectivity index (χ2v) is 8.02. The second-order valence-electron chi connectivity index (χ2n) is 7.07. The highest BCUT2D eigenvalue weighted by Crippen LogP contribution is 2.16. The molecule has 26 heavy (non-hydrogen) atoms. The first-order valence-electron chi connectivity index (χ1n) is 9.24. The topological polar surface area (TPSA) is 70.2 Å². The summed E-state index contributed by atoms with van der Waals surface area (Å²) in [6.07, 6.45) is 6.90. The number of carbonyl (C=O) groups is 1. The Bertz CT molecular complexity index is 686. The first kappa shape index (κ1) is 18.8. The maximum Gasteiger partial charge on any atom is 0.261 e. The third-order valence-electron chi connectivity index (χ3n) is 4.43. The summed E-state index contributed by atoms with van der Waals surface area (Å²) in [4.78, 5) is 24.2. The van der Waals surface area contributed by atoms with Crippen molar-refractivity contribution in [1.82, 2.24) is 20.2 Å². The molecule has 0 bridgehead atoms. The number of nitrogens with zero attached hydrogens (tertiary/aromatic N) is 3. The lowest BCUT2D eigenvalue weighted by molar-refractivity contribution is 0.0937. The van der Waals surface area contributed by atoms with E-state index in [2.05, 4.69) is 39.3 Å². The highest BCUT2D eigenvalue weighted by Gasteiger charge is 2.19. The van der Waals surface area contributed by atoms with Gasteiger partial charge in [-0.1, -0.05) is 6.07 Å². The molecule has 1 amide bonds. The molecule has 1 atom stereocenters. The molecule has 0 aromatic carbocycles. The van der Waals surface area contributed by atoms with Crippen LogP contribution in [0, 0.1) is 0 Å². The largest absolute Gasteiger partial charge is 0.352 e. The number of nitrogens with one attached hydrogen (secondary N) is 2. The summed E-state index contributed by atoms with van der Waals surface area (Å²) in [7, 11) is 0. The summed E-state index contributed by atoms with van der Waals surface area (Å²) in [5, 5.41) is 8.33. The van der Waals surface area contributed by atoms with Gasteiger partial charge < -0.3 is 10.6 Å². The van der Waals surface area contributed by atoms with Gasteiger partial charge in [0.25, 0.3) is 5.91 Å². The van der Waals surface area contributed by atoms with Crippen LogP contribution in [0.5, 0.6) is 0 Å². The van der Waals surface area contributed by atoms with Crippen LogP contribution in [0.1, 0.15) is 48.3 Å². The van der Waals surface area contributed by atoms with Crippen molar-refractivity contribution >= 4 is 23.2 Å². The lowest BCUT2D eigenvalue weighted by Gasteiger charge is -2.20. The molecular formula is C19H27N5OS. The Morgan fingerprint density at radius 3 is 2.81 bits per heavy atom. The van der Waals surface area contributed by atoms with Crippen molar-refractivity contribution in [2.24, 2.45) is 0 Å². The van der Waals surface area contributed by atoms with Crippen LogP contribution in [0.2, 0.25) is 0 Å². The normalized spacial score (nSPS) is 18.5. The SMILES string of the molecule is CC(C)Nc1ncc(CN2CCCC(NC(=O)c3cccs3)CC2)cn1. The van der Waals surface area contributed by atoms with Crippen molar-refractivity contribution in [3.8, 4) is 0 Å². The van der Waals surface area contributed by atoms with Crippen LogP contribution in [-0.2, 0) is 6.54 Å². The Hall–Kier alpha value is -1.99. The van der Waals surface area contributed by atoms with Gasteiger partial charge >= 0.3 is 0 Å². The Morgan fingerprint density at radius 2 is 2.12 bits per heavy atom. The molecule has 1 aliphatic rings. The number of rotatable bonds is 6. The standard InChI is InChI=1S/C19H27N5OS/c1-14(2)22-19-20-11-15(12-21-19)13-24-8-3-5-16(7-9-24)23-18(25)17-6-4-10-26-17/h4,6,10-12,14,16H,3,5,7-9,13H2,1-2H3,(H,23,25)(H,20,21,22). The lowest BCUT2D eigenvalue weighted by Crippen LogP contribution is -2.35. The highest BCUT2D eigenvalue weighted by atomic mass is 32.1. The molecule has 1 saturated heterocycles. The Morgan fingerprint density at radius 1 is 1.31 bits per heavy atom. The predicted octanol–water partition coefficient (Wildman–Crippen LogP) is 3.14. The highest BCUT2D eigenvalue weighted by molar-refractivity contribution is 7.12. The van der Waals surface area contributed by atoms with Crippen LogP contribution >= 0.6 is 11.3 Å². The molecule has 1 aliphatic heterocycles. The summed E-state index contributed by atoms with van der Waals surface area (Å²) in [6.45, 7) is 7.01. The van der Waals surface area contributed by atoms with Crippen LogP contribution in [-0.4, -0.2) is 45.9 Å². The van der Waals surface area contributed by atoms with Gasteiger partial charge in [-0.2, -0.15) is 0 Å². The lowest BCUT2D eigenvalue weighted by atomic mass is 10.1. The van der Waals surface area contributed by atoms with E-state index in [1.165, 1.54) is 11.3 Å². The van der Waals surface area contributed by atoms with E-state index >= 15 is 0 Å². The first-order valence-corrected chi connectivity index (χ1v) is 10.1. The van der Waals surface area contributed by atoms with Gasteiger partial charge in [-0.25, -0.2) is 9.97 Å². The minimum atomic E-state index is 0.0556. The quantitative estimate of drug-likeness (QED) is 0.814. The summed E-state index contributed by atoms with van der Waals surface area (Å²) in [5.74, 6) is 0.732. The number of likely N-dealkylation sites (tertiary alicyclic amines) is 1. The van der Waals surface area contributed by atoms with E-state index in [4.69, 9.17) is 0 Å². The number of thiophene rings is 1. The monoisotopic (exact) mass is 373 g/mol. The molecule has 6 nitrogen and oxygen atoms in total. The molecule has 0 radical (unpaired) electrons. The van der Waals surface area contributed by atoms with Crippen LogP contribution in [0.4, 0.5) is 5.95 Å². The van der Waals surface area contributed by atoms with E-state index in [0.29, 0.717) is 12.0 Å². The van der Waals surface area contributed by atoms with E-state index in [1.807, 2.05) is 29.9 Å². The minimum Gasteiger partial charge on any atom is -0.352 e. The number of hydrogen-bond donors (Lipinski definition) is 2. The predicted molar refractivity (Wildman–Crippen MR) is 105 cm³/mol. The van der Waals surface area contributed by atoms with E-state index < -0.39 is 0 Å². The van der Waals surface area contributed by atoms with Gasteiger partial charge in [0.1, 0.15) is 0 Å². The molecule has 3 heterocycles. The van der Waals surface area contributed by atoms with Crippen LogP contribution < -0.4 is 10.6 Å². The molecule has 7 heteroatoms. The van der Waals surface area contributed by atoms with E-state index in [1.54, 1.807) is 0 Å². The minimum absolute atomic E-state index is 0.0556. The number of amides is 1. The van der Waals surface area contributed by atoms with E-state index in [-0.39, 0.29) is 11.9 Å². The smallest absolute Gasteiger partial charge is 0.261 e. The maximum atomic E-state index is 12.2. The van der Waals surface area contributed by atoms with E-state index in [0.717, 1.165) is 49.3 Å². The first-order chi connectivity index (χ1) is 12.6. The Balaban J connectivity index is 1.48. The fourth-order valence-corrected chi connectivity index (χ4v) is 3.78. The molecule has 1 fully saturated rings. The van der Waals surface area contributed by atoms with Crippen molar-refractivity contribution < 1.29 is 4.79 Å². The molecule has 2 aromatic heterocycles. The second kappa shape index (κ2) is 9.09.